The molecule has 3 nitrogen and oxygen atoms in total. The Kier molecular flexibility index (Phi) is 2.87. The first-order valence-electron chi connectivity index (χ1n) is 2.43. The summed E-state index contributed by atoms with van der Waals surface area (Å²) in [6, 6.07) is 0.634. The van der Waals surface area contributed by atoms with Crippen LogP contribution in [0.4, 0.5) is 0 Å². The Morgan fingerprint density at radius 1 is 1.56 bits per heavy atom. The first-order valence-corrected chi connectivity index (χ1v) is 3.98. The van der Waals surface area contributed by atoms with Crippen LogP contribution in [0.25, 0.3) is 0 Å². The van der Waals surface area contributed by atoms with Gasteiger partial charge in [-0.15, -0.1) is 0 Å². The van der Waals surface area contributed by atoms with Gasteiger partial charge in [-0.05, 0) is 13.8 Å². The van der Waals surface area contributed by atoms with Crippen LogP contribution in [0.1, 0.15) is 13.8 Å². The monoisotopic (exact) mass is 148 g/mol. The van der Waals surface area contributed by atoms with Gasteiger partial charge in [0.1, 0.15) is 0 Å². The highest BCUT2D eigenvalue weighted by molar-refractivity contribution is 7.92. The molecule has 1 radical (unpaired) electrons. The molecular formula is C5H10NO2S. The van der Waals surface area contributed by atoms with Gasteiger partial charge in [-0.2, -0.15) is 0 Å². The summed E-state index contributed by atoms with van der Waals surface area (Å²) in [5.41, 5.74) is 0. The fourth-order valence-corrected chi connectivity index (χ4v) is 0.979. The van der Waals surface area contributed by atoms with Crippen molar-refractivity contribution >= 4 is 10.0 Å². The van der Waals surface area contributed by atoms with E-state index in [0.717, 1.165) is 5.41 Å². The van der Waals surface area contributed by atoms with E-state index in [0.29, 0.717) is 6.04 Å². The van der Waals surface area contributed by atoms with Crippen LogP contribution in [-0.2, 0) is 10.0 Å². The van der Waals surface area contributed by atoms with E-state index in [9.17, 15) is 8.42 Å². The van der Waals surface area contributed by atoms with Crippen molar-refractivity contribution in [1.29, 1.82) is 0 Å². The normalized spacial score (nSPS) is 11.9. The third-order valence-corrected chi connectivity index (χ3v) is 1.70. The zero-order valence-corrected chi connectivity index (χ0v) is 6.33. The molecule has 0 aromatic rings. The number of hydrogen-bond acceptors (Lipinski definition) is 2. The van der Waals surface area contributed by atoms with E-state index in [1.807, 2.05) is 0 Å². The van der Waals surface area contributed by atoms with Gasteiger partial charge in [0.15, 0.2) is 0 Å². The maximum Gasteiger partial charge on any atom is 0.233 e. The van der Waals surface area contributed by atoms with Gasteiger partial charge < -0.3 is 0 Å². The predicted octanol–water partition coefficient (Wildman–Crippen LogP) is 0.621. The first kappa shape index (κ1) is 8.65. The van der Waals surface area contributed by atoms with E-state index >= 15 is 0 Å². The average Bonchev–Trinajstić information content (AvgIpc) is 1.63. The molecule has 0 spiro atoms. The van der Waals surface area contributed by atoms with Gasteiger partial charge in [0.05, 0.1) is 0 Å². The highest BCUT2D eigenvalue weighted by atomic mass is 32.2. The summed E-state index contributed by atoms with van der Waals surface area (Å²) in [6.45, 7) is 6.46. The lowest BCUT2D eigenvalue weighted by molar-refractivity contribution is 0.593. The molecular weight excluding hydrogens is 138 g/mol. The third kappa shape index (κ3) is 4.17. The van der Waals surface area contributed by atoms with E-state index in [2.05, 4.69) is 11.3 Å². The Morgan fingerprint density at radius 3 is 2.11 bits per heavy atom. The summed E-state index contributed by atoms with van der Waals surface area (Å²) in [7, 11) is -3.24. The standard InChI is InChI=1S/C5H10NO2S/c1-4-9(7,8)6-5(2)3/h4,6H,1H2,2-3H3. The minimum atomic E-state index is -3.24. The van der Waals surface area contributed by atoms with Gasteiger partial charge in [-0.25, -0.2) is 13.1 Å². The molecule has 1 N–H and O–H groups in total. The van der Waals surface area contributed by atoms with Crippen molar-refractivity contribution in [2.24, 2.45) is 0 Å². The largest absolute Gasteiger partial charge is 0.233 e. The molecule has 0 aliphatic heterocycles. The number of hydrogen-bond donors (Lipinski definition) is 1. The van der Waals surface area contributed by atoms with Crippen LogP contribution >= 0.6 is 0 Å². The highest BCUT2D eigenvalue weighted by Crippen LogP contribution is 1.93. The van der Waals surface area contributed by atoms with Crippen molar-refractivity contribution in [1.82, 2.24) is 4.72 Å². The lowest BCUT2D eigenvalue weighted by Crippen LogP contribution is -2.22. The Hall–Kier alpha value is -0.350. The van der Waals surface area contributed by atoms with Gasteiger partial charge in [0.2, 0.25) is 10.0 Å². The lowest BCUT2D eigenvalue weighted by Gasteiger charge is -2.02. The predicted molar refractivity (Wildman–Crippen MR) is 36.8 cm³/mol. The van der Waals surface area contributed by atoms with Crippen LogP contribution in [0.5, 0.6) is 0 Å². The molecule has 4 heteroatoms. The maximum absolute atomic E-state index is 10.6. The zero-order valence-electron chi connectivity index (χ0n) is 5.51. The fraction of sp³-hybridized carbons (Fsp3) is 0.400. The first-order chi connectivity index (χ1) is 3.98. The van der Waals surface area contributed by atoms with E-state index in [4.69, 9.17) is 0 Å². The van der Waals surface area contributed by atoms with Crippen LogP contribution in [-0.4, -0.2) is 8.42 Å². The van der Waals surface area contributed by atoms with Gasteiger partial charge in [0, 0.05) is 11.4 Å². The Balaban J connectivity index is 4.05. The van der Waals surface area contributed by atoms with Gasteiger partial charge in [-0.1, -0.05) is 6.58 Å². The summed E-state index contributed by atoms with van der Waals surface area (Å²) in [5, 5.41) is 0.875. The van der Waals surface area contributed by atoms with Crippen molar-refractivity contribution in [2.45, 2.75) is 13.8 Å². The third-order valence-electron chi connectivity index (χ3n) is 0.566. The molecule has 0 aliphatic carbocycles. The molecule has 0 aliphatic rings. The van der Waals surface area contributed by atoms with E-state index < -0.39 is 10.0 Å². The second kappa shape index (κ2) is 2.98. The maximum atomic E-state index is 10.6. The molecule has 0 amide bonds. The van der Waals surface area contributed by atoms with E-state index in [1.54, 1.807) is 13.8 Å². The minimum absolute atomic E-state index is 0.634. The minimum Gasteiger partial charge on any atom is -0.208 e. The van der Waals surface area contributed by atoms with Gasteiger partial charge in [-0.3, -0.25) is 0 Å². The topological polar surface area (TPSA) is 46.2 Å². The van der Waals surface area contributed by atoms with Crippen molar-refractivity contribution < 1.29 is 8.42 Å². The summed E-state index contributed by atoms with van der Waals surface area (Å²) in [4.78, 5) is 0. The lowest BCUT2D eigenvalue weighted by atomic mass is 10.4. The van der Waals surface area contributed by atoms with Crippen LogP contribution < -0.4 is 4.72 Å². The quantitative estimate of drug-likeness (QED) is 0.637. The fourth-order valence-electron chi connectivity index (χ4n) is 0.326. The highest BCUT2D eigenvalue weighted by Gasteiger charge is 2.04. The van der Waals surface area contributed by atoms with Gasteiger partial charge in [0.25, 0.3) is 0 Å². The van der Waals surface area contributed by atoms with Crippen molar-refractivity contribution in [3.63, 3.8) is 0 Å². The Bertz CT molecular complexity index is 181. The molecule has 53 valence electrons. The molecule has 0 saturated carbocycles. The molecule has 0 fully saturated rings. The molecule has 0 aromatic heterocycles. The number of rotatable bonds is 3. The van der Waals surface area contributed by atoms with Crippen molar-refractivity contribution in [3.8, 4) is 0 Å². The molecule has 0 atom stereocenters. The Morgan fingerprint density at radius 2 is 2.00 bits per heavy atom. The zero-order chi connectivity index (χ0) is 7.49. The summed E-state index contributed by atoms with van der Waals surface area (Å²) < 4.78 is 23.4. The molecule has 0 aromatic carbocycles. The van der Waals surface area contributed by atoms with Gasteiger partial charge >= 0.3 is 0 Å². The van der Waals surface area contributed by atoms with Crippen molar-refractivity contribution in [2.75, 3.05) is 0 Å². The molecule has 0 bridgehead atoms. The SMILES string of the molecule is C=CS(=O)(=O)N[C](C)C. The second-order valence-electron chi connectivity index (χ2n) is 1.81. The van der Waals surface area contributed by atoms with Crippen molar-refractivity contribution in [3.05, 3.63) is 18.0 Å². The molecule has 0 heterocycles. The van der Waals surface area contributed by atoms with Crippen LogP contribution in [0.15, 0.2) is 12.0 Å². The molecule has 9 heavy (non-hydrogen) atoms. The van der Waals surface area contributed by atoms with E-state index in [1.165, 1.54) is 0 Å². The summed E-state index contributed by atoms with van der Waals surface area (Å²) >= 11 is 0. The summed E-state index contributed by atoms with van der Waals surface area (Å²) in [6.07, 6.45) is 0. The number of sulfonamides is 1. The molecule has 0 rings (SSSR count). The Labute approximate surface area is 55.8 Å². The smallest absolute Gasteiger partial charge is 0.208 e. The van der Waals surface area contributed by atoms with Crippen LogP contribution in [0, 0.1) is 6.04 Å². The second-order valence-corrected chi connectivity index (χ2v) is 3.44. The van der Waals surface area contributed by atoms with Crippen LogP contribution in [0.3, 0.4) is 0 Å². The average molecular weight is 148 g/mol. The molecule has 0 saturated heterocycles. The van der Waals surface area contributed by atoms with E-state index in [-0.39, 0.29) is 0 Å². The molecule has 0 unspecified atom stereocenters. The van der Waals surface area contributed by atoms with Crippen LogP contribution in [0.2, 0.25) is 0 Å². The number of nitrogens with one attached hydrogen (secondary N) is 1. The summed E-state index contributed by atoms with van der Waals surface area (Å²) in [5.74, 6) is 0.